The van der Waals surface area contributed by atoms with E-state index in [0.29, 0.717) is 27.6 Å². The maximum absolute atomic E-state index is 12.1. The van der Waals surface area contributed by atoms with Gasteiger partial charge in [-0.05, 0) is 24.3 Å². The smallest absolute Gasteiger partial charge is 0.258 e. The number of H-pyrrole nitrogens is 1. The van der Waals surface area contributed by atoms with E-state index in [4.69, 9.17) is 0 Å². The number of aromatic nitrogens is 6. The third-order valence-corrected chi connectivity index (χ3v) is 4.37. The Morgan fingerprint density at radius 1 is 1.12 bits per heavy atom. The standard InChI is InChI=1S/C16H12N6OS/c23-15-11-5-1-2-6-12(11)19-13(20-15)9-24-16-21-18-10-22(16)14-7-3-4-8-17-14/h1-8,10H,9H2,(H,19,20,23). The molecule has 0 bridgehead atoms. The number of fused-ring (bicyclic) bond motifs is 1. The van der Waals surface area contributed by atoms with Gasteiger partial charge in [0.25, 0.3) is 5.56 Å². The lowest BCUT2D eigenvalue weighted by molar-refractivity contribution is 0.855. The number of hydrogen-bond donors (Lipinski definition) is 1. The van der Waals surface area contributed by atoms with Gasteiger partial charge in [-0.15, -0.1) is 10.2 Å². The van der Waals surface area contributed by atoms with Gasteiger partial charge < -0.3 is 4.98 Å². The molecule has 0 spiro atoms. The largest absolute Gasteiger partial charge is 0.309 e. The minimum absolute atomic E-state index is 0.137. The van der Waals surface area contributed by atoms with Crippen LogP contribution in [0.25, 0.3) is 16.7 Å². The number of pyridine rings is 1. The maximum Gasteiger partial charge on any atom is 0.258 e. The summed E-state index contributed by atoms with van der Waals surface area (Å²) in [5, 5.41) is 9.32. The van der Waals surface area contributed by atoms with E-state index in [2.05, 4.69) is 25.1 Å². The van der Waals surface area contributed by atoms with Gasteiger partial charge in [0, 0.05) is 6.20 Å². The second-order valence-corrected chi connectivity index (χ2v) is 5.93. The van der Waals surface area contributed by atoms with Crippen LogP contribution in [0.4, 0.5) is 0 Å². The summed E-state index contributed by atoms with van der Waals surface area (Å²) in [4.78, 5) is 23.7. The van der Waals surface area contributed by atoms with E-state index in [1.807, 2.05) is 36.4 Å². The second kappa shape index (κ2) is 6.25. The molecule has 0 aliphatic rings. The highest BCUT2D eigenvalue weighted by molar-refractivity contribution is 7.98. The number of hydrogen-bond acceptors (Lipinski definition) is 6. The van der Waals surface area contributed by atoms with Gasteiger partial charge in [0.1, 0.15) is 18.0 Å². The quantitative estimate of drug-likeness (QED) is 0.575. The molecule has 7 nitrogen and oxygen atoms in total. The fourth-order valence-corrected chi connectivity index (χ4v) is 3.10. The van der Waals surface area contributed by atoms with Crippen LogP contribution in [0.2, 0.25) is 0 Å². The molecule has 118 valence electrons. The molecule has 0 unspecified atom stereocenters. The van der Waals surface area contributed by atoms with Crippen molar-refractivity contribution < 1.29 is 0 Å². The Hall–Kier alpha value is -3.00. The average Bonchev–Trinajstić information content (AvgIpc) is 3.09. The van der Waals surface area contributed by atoms with E-state index in [1.165, 1.54) is 11.8 Å². The molecule has 3 aromatic heterocycles. The van der Waals surface area contributed by atoms with E-state index >= 15 is 0 Å². The summed E-state index contributed by atoms with van der Waals surface area (Å²) in [7, 11) is 0. The average molecular weight is 336 g/mol. The van der Waals surface area contributed by atoms with Crippen molar-refractivity contribution in [2.45, 2.75) is 10.9 Å². The van der Waals surface area contributed by atoms with Gasteiger partial charge >= 0.3 is 0 Å². The lowest BCUT2D eigenvalue weighted by Crippen LogP contribution is -2.11. The van der Waals surface area contributed by atoms with Gasteiger partial charge in [-0.1, -0.05) is 30.0 Å². The van der Waals surface area contributed by atoms with Crippen molar-refractivity contribution in [1.82, 2.24) is 29.7 Å². The van der Waals surface area contributed by atoms with Crippen molar-refractivity contribution in [3.8, 4) is 5.82 Å². The maximum atomic E-state index is 12.1. The Morgan fingerprint density at radius 3 is 2.88 bits per heavy atom. The first kappa shape index (κ1) is 14.6. The Bertz CT molecular complexity index is 1040. The fourth-order valence-electron chi connectivity index (χ4n) is 2.31. The van der Waals surface area contributed by atoms with E-state index in [0.717, 1.165) is 5.82 Å². The van der Waals surface area contributed by atoms with Crippen LogP contribution in [0.5, 0.6) is 0 Å². The molecule has 0 saturated carbocycles. The zero-order valence-electron chi connectivity index (χ0n) is 12.5. The lowest BCUT2D eigenvalue weighted by Gasteiger charge is -2.05. The summed E-state index contributed by atoms with van der Waals surface area (Å²) in [5.74, 6) is 1.82. The van der Waals surface area contributed by atoms with Gasteiger partial charge in [-0.25, -0.2) is 9.97 Å². The van der Waals surface area contributed by atoms with Crippen molar-refractivity contribution in [3.63, 3.8) is 0 Å². The van der Waals surface area contributed by atoms with Crippen LogP contribution >= 0.6 is 11.8 Å². The normalized spacial score (nSPS) is 11.0. The predicted molar refractivity (Wildman–Crippen MR) is 91.1 cm³/mol. The predicted octanol–water partition coefficient (Wildman–Crippen LogP) is 2.19. The Balaban J connectivity index is 1.60. The topological polar surface area (TPSA) is 89.4 Å². The zero-order chi connectivity index (χ0) is 16.4. The third kappa shape index (κ3) is 2.79. The molecule has 4 rings (SSSR count). The van der Waals surface area contributed by atoms with Crippen molar-refractivity contribution in [3.05, 3.63) is 71.2 Å². The molecule has 4 aromatic rings. The molecule has 0 aliphatic carbocycles. The molecule has 0 amide bonds. The van der Waals surface area contributed by atoms with Crippen molar-refractivity contribution in [2.75, 3.05) is 0 Å². The first-order chi connectivity index (χ1) is 11.8. The minimum atomic E-state index is -0.137. The summed E-state index contributed by atoms with van der Waals surface area (Å²) >= 11 is 1.44. The van der Waals surface area contributed by atoms with E-state index in [-0.39, 0.29) is 5.56 Å². The minimum Gasteiger partial charge on any atom is -0.309 e. The summed E-state index contributed by atoms with van der Waals surface area (Å²) in [6, 6.07) is 12.9. The molecular weight excluding hydrogens is 324 g/mol. The Labute approximate surface area is 140 Å². The molecule has 8 heteroatoms. The number of para-hydroxylation sites is 1. The first-order valence-corrected chi connectivity index (χ1v) is 8.22. The summed E-state index contributed by atoms with van der Waals surface area (Å²) in [6.45, 7) is 0. The second-order valence-electron chi connectivity index (χ2n) is 4.99. The van der Waals surface area contributed by atoms with Crippen LogP contribution in [-0.2, 0) is 5.75 Å². The zero-order valence-corrected chi connectivity index (χ0v) is 13.3. The molecule has 0 radical (unpaired) electrons. The summed E-state index contributed by atoms with van der Waals surface area (Å²) < 4.78 is 1.80. The molecule has 0 aliphatic heterocycles. The van der Waals surface area contributed by atoms with Gasteiger partial charge in [0.15, 0.2) is 5.16 Å². The number of rotatable bonds is 4. The highest BCUT2D eigenvalue weighted by atomic mass is 32.2. The number of nitrogens with zero attached hydrogens (tertiary/aromatic N) is 5. The van der Waals surface area contributed by atoms with Gasteiger partial charge in [-0.3, -0.25) is 9.36 Å². The summed E-state index contributed by atoms with van der Waals surface area (Å²) in [6.07, 6.45) is 3.33. The Morgan fingerprint density at radius 2 is 2.00 bits per heavy atom. The number of benzene rings is 1. The third-order valence-electron chi connectivity index (χ3n) is 3.41. The molecule has 24 heavy (non-hydrogen) atoms. The molecular formula is C16H12N6OS. The van der Waals surface area contributed by atoms with Gasteiger partial charge in [-0.2, -0.15) is 0 Å². The number of nitrogens with one attached hydrogen (secondary N) is 1. The molecule has 0 fully saturated rings. The van der Waals surface area contributed by atoms with Gasteiger partial charge in [0.2, 0.25) is 0 Å². The Kier molecular flexibility index (Phi) is 3.80. The first-order valence-electron chi connectivity index (χ1n) is 7.23. The van der Waals surface area contributed by atoms with Crippen molar-refractivity contribution in [2.24, 2.45) is 0 Å². The molecule has 1 aromatic carbocycles. The monoisotopic (exact) mass is 336 g/mol. The molecule has 1 N–H and O–H groups in total. The van der Waals surface area contributed by atoms with Crippen LogP contribution in [-0.4, -0.2) is 29.7 Å². The summed E-state index contributed by atoms with van der Waals surface area (Å²) in [5.41, 5.74) is 0.547. The van der Waals surface area contributed by atoms with Crippen molar-refractivity contribution in [1.29, 1.82) is 0 Å². The van der Waals surface area contributed by atoms with Crippen molar-refractivity contribution >= 4 is 22.7 Å². The van der Waals surface area contributed by atoms with Crippen LogP contribution in [0.15, 0.2) is 64.9 Å². The lowest BCUT2D eigenvalue weighted by atomic mass is 10.2. The SMILES string of the molecule is O=c1[nH]c(CSc2nncn2-c2ccccn2)nc2ccccc12. The van der Waals surface area contributed by atoms with Crippen LogP contribution in [0.1, 0.15) is 5.82 Å². The van der Waals surface area contributed by atoms with Crippen LogP contribution in [0.3, 0.4) is 0 Å². The number of aromatic amines is 1. The van der Waals surface area contributed by atoms with Crippen LogP contribution < -0.4 is 5.56 Å². The molecule has 0 atom stereocenters. The number of thioether (sulfide) groups is 1. The van der Waals surface area contributed by atoms with Gasteiger partial charge in [0.05, 0.1) is 16.7 Å². The fraction of sp³-hybridized carbons (Fsp3) is 0.0625. The molecule has 3 heterocycles. The van der Waals surface area contributed by atoms with E-state index in [9.17, 15) is 4.79 Å². The highest BCUT2D eigenvalue weighted by Gasteiger charge is 2.10. The van der Waals surface area contributed by atoms with E-state index in [1.54, 1.807) is 23.2 Å². The van der Waals surface area contributed by atoms with E-state index < -0.39 is 0 Å². The van der Waals surface area contributed by atoms with Crippen LogP contribution in [0, 0.1) is 0 Å². The molecule has 0 saturated heterocycles. The highest BCUT2D eigenvalue weighted by Crippen LogP contribution is 2.21.